The van der Waals surface area contributed by atoms with Gasteiger partial charge in [-0.2, -0.15) is 0 Å². The lowest BCUT2D eigenvalue weighted by Gasteiger charge is -2.46. The van der Waals surface area contributed by atoms with Crippen molar-refractivity contribution in [3.8, 4) is 0 Å². The van der Waals surface area contributed by atoms with Crippen molar-refractivity contribution in [1.29, 1.82) is 0 Å². The van der Waals surface area contributed by atoms with E-state index in [1.165, 1.54) is 0 Å². The van der Waals surface area contributed by atoms with Crippen LogP contribution >= 0.6 is 0 Å². The number of hydrogen-bond donors (Lipinski definition) is 1. The van der Waals surface area contributed by atoms with Crippen molar-refractivity contribution in [3.05, 3.63) is 0 Å². The standard InChI is InChI=1S/C8H17NO/c1-7(2)8(3,4)10-6-5-9-7/h9H,5-6H2,1-4H3/i1D3,2D3,3D3,4D3. The number of nitrogens with one attached hydrogen (secondary N) is 1. The van der Waals surface area contributed by atoms with Gasteiger partial charge in [-0.25, -0.2) is 0 Å². The van der Waals surface area contributed by atoms with Gasteiger partial charge in [0, 0.05) is 28.5 Å². The summed E-state index contributed by atoms with van der Waals surface area (Å²) < 4.78 is 95.7. The van der Waals surface area contributed by atoms with Gasteiger partial charge < -0.3 is 10.1 Å². The molecule has 2 nitrogen and oxygen atoms in total. The van der Waals surface area contributed by atoms with E-state index in [1.807, 2.05) is 0 Å². The third-order valence-corrected chi connectivity index (χ3v) is 1.34. The molecule has 2 heteroatoms. The molecule has 1 rings (SSSR count). The molecule has 1 heterocycles. The first-order valence-electron chi connectivity index (χ1n) is 8.85. The Morgan fingerprint density at radius 2 is 2.20 bits per heavy atom. The molecular weight excluding hydrogens is 126 g/mol. The Morgan fingerprint density at radius 1 is 1.40 bits per heavy atom. The van der Waals surface area contributed by atoms with Gasteiger partial charge in [0.1, 0.15) is 0 Å². The van der Waals surface area contributed by atoms with Gasteiger partial charge in [-0.05, 0) is 27.4 Å². The van der Waals surface area contributed by atoms with Crippen molar-refractivity contribution in [2.75, 3.05) is 13.2 Å². The van der Waals surface area contributed by atoms with Gasteiger partial charge >= 0.3 is 0 Å². The van der Waals surface area contributed by atoms with E-state index in [4.69, 9.17) is 21.2 Å². The van der Waals surface area contributed by atoms with Crippen LogP contribution < -0.4 is 5.32 Å². The van der Waals surface area contributed by atoms with Gasteiger partial charge in [-0.3, -0.25) is 0 Å². The summed E-state index contributed by atoms with van der Waals surface area (Å²) >= 11 is 0. The predicted molar refractivity (Wildman–Crippen MR) is 42.1 cm³/mol. The molecule has 1 aliphatic heterocycles. The maximum Gasteiger partial charge on any atom is 0.0802 e. The number of ether oxygens (including phenoxy) is 1. The van der Waals surface area contributed by atoms with Crippen LogP contribution in [0.4, 0.5) is 0 Å². The highest BCUT2D eigenvalue weighted by Crippen LogP contribution is 2.27. The molecule has 1 aliphatic rings. The molecule has 1 saturated heterocycles. The number of rotatable bonds is 0. The van der Waals surface area contributed by atoms with E-state index in [2.05, 4.69) is 5.32 Å². The lowest BCUT2D eigenvalue weighted by atomic mass is 9.84. The Balaban J connectivity index is 3.92. The van der Waals surface area contributed by atoms with Crippen LogP contribution in [0, 0.1) is 0 Å². The molecule has 1 fully saturated rings. The quantitative estimate of drug-likeness (QED) is 0.567. The van der Waals surface area contributed by atoms with Crippen LogP contribution in [0.2, 0.25) is 0 Å². The van der Waals surface area contributed by atoms with Crippen LogP contribution in [-0.4, -0.2) is 24.3 Å². The molecule has 0 aliphatic carbocycles. The highest BCUT2D eigenvalue weighted by Gasteiger charge is 2.39. The summed E-state index contributed by atoms with van der Waals surface area (Å²) in [6.45, 7) is -14.7. The number of hydrogen-bond acceptors (Lipinski definition) is 2. The van der Waals surface area contributed by atoms with Gasteiger partial charge in [0.2, 0.25) is 0 Å². The summed E-state index contributed by atoms with van der Waals surface area (Å²) in [6, 6.07) is 0. The summed E-state index contributed by atoms with van der Waals surface area (Å²) in [5.41, 5.74) is -6.66. The van der Waals surface area contributed by atoms with Gasteiger partial charge in [0.15, 0.2) is 0 Å². The van der Waals surface area contributed by atoms with E-state index in [1.54, 1.807) is 0 Å². The maximum absolute atomic E-state index is 7.58. The Hall–Kier alpha value is -0.0800. The molecule has 0 aromatic rings. The molecule has 10 heavy (non-hydrogen) atoms. The third kappa shape index (κ3) is 1.18. The van der Waals surface area contributed by atoms with Crippen molar-refractivity contribution in [2.45, 2.75) is 38.5 Å². The Kier molecular flexibility index (Phi) is 0.363. The molecule has 0 unspecified atom stereocenters. The maximum atomic E-state index is 7.58. The van der Waals surface area contributed by atoms with Gasteiger partial charge in [-0.15, -0.1) is 0 Å². The average molecular weight is 155 g/mol. The summed E-state index contributed by atoms with van der Waals surface area (Å²) in [4.78, 5) is 0. The first kappa shape index (κ1) is 1.64. The molecule has 0 atom stereocenters. The largest absolute Gasteiger partial charge is 0.372 e. The Bertz CT molecular complexity index is 347. The predicted octanol–water partition coefficient (Wildman–Crippen LogP) is 1.16. The van der Waals surface area contributed by atoms with E-state index in [0.717, 1.165) is 0 Å². The Morgan fingerprint density at radius 3 is 2.70 bits per heavy atom. The fraction of sp³-hybridized carbons (Fsp3) is 1.00. The van der Waals surface area contributed by atoms with E-state index in [0.29, 0.717) is 0 Å². The van der Waals surface area contributed by atoms with E-state index in [9.17, 15) is 0 Å². The van der Waals surface area contributed by atoms with Crippen LogP contribution in [0.5, 0.6) is 0 Å². The minimum Gasteiger partial charge on any atom is -0.372 e. The third-order valence-electron chi connectivity index (χ3n) is 1.34. The molecule has 0 aromatic heterocycles. The molecule has 1 N–H and O–H groups in total. The van der Waals surface area contributed by atoms with Crippen LogP contribution in [0.3, 0.4) is 0 Å². The second-order valence-corrected chi connectivity index (χ2v) is 2.21. The SMILES string of the molecule is [2H]C([2H])([2H])C1(C([2H])([2H])[2H])NCCOC1(C([2H])([2H])[2H])C([2H])([2H])[2H]. The first-order chi connectivity index (χ1) is 9.46. The summed E-state index contributed by atoms with van der Waals surface area (Å²) in [7, 11) is 0. The molecule has 0 radical (unpaired) electrons. The van der Waals surface area contributed by atoms with Crippen molar-refractivity contribution in [1.82, 2.24) is 5.32 Å². The lowest BCUT2D eigenvalue weighted by Crippen LogP contribution is -2.62. The first-order valence-corrected chi connectivity index (χ1v) is 2.85. The molecule has 0 bridgehead atoms. The minimum atomic E-state index is -3.52. The number of morpholine rings is 1. The van der Waals surface area contributed by atoms with Gasteiger partial charge in [0.25, 0.3) is 0 Å². The van der Waals surface area contributed by atoms with Crippen molar-refractivity contribution in [3.63, 3.8) is 0 Å². The normalized spacial score (nSPS) is 52.8. The van der Waals surface area contributed by atoms with E-state index >= 15 is 0 Å². The van der Waals surface area contributed by atoms with E-state index in [-0.39, 0.29) is 6.54 Å². The fourth-order valence-corrected chi connectivity index (χ4v) is 0.675. The van der Waals surface area contributed by atoms with Gasteiger partial charge in [0.05, 0.1) is 12.2 Å². The molecular formula is C8H17NO. The average Bonchev–Trinajstić information content (AvgIpc) is 2.22. The van der Waals surface area contributed by atoms with Crippen LogP contribution in [0.15, 0.2) is 0 Å². The van der Waals surface area contributed by atoms with Crippen LogP contribution in [0.1, 0.15) is 43.9 Å². The summed E-state index contributed by atoms with van der Waals surface area (Å²) in [6.07, 6.45) is 0. The Labute approximate surface area is 79.8 Å². The molecule has 0 spiro atoms. The fourth-order valence-electron chi connectivity index (χ4n) is 0.675. The molecule has 0 saturated carbocycles. The van der Waals surface area contributed by atoms with Crippen LogP contribution in [-0.2, 0) is 4.74 Å². The zero-order valence-corrected chi connectivity index (χ0v) is 5.32. The topological polar surface area (TPSA) is 21.3 Å². The highest BCUT2D eigenvalue weighted by atomic mass is 16.5. The smallest absolute Gasteiger partial charge is 0.0802 e. The van der Waals surface area contributed by atoms with E-state index < -0.39 is 45.2 Å². The summed E-state index contributed by atoms with van der Waals surface area (Å²) in [5, 5.41) is 2.15. The van der Waals surface area contributed by atoms with Crippen molar-refractivity contribution in [2.24, 2.45) is 0 Å². The summed E-state index contributed by atoms with van der Waals surface area (Å²) in [5.74, 6) is 0. The zero-order chi connectivity index (χ0) is 17.8. The van der Waals surface area contributed by atoms with Gasteiger partial charge in [-0.1, -0.05) is 0 Å². The van der Waals surface area contributed by atoms with Crippen molar-refractivity contribution >= 4 is 0 Å². The second kappa shape index (κ2) is 2.21. The molecule has 0 amide bonds. The lowest BCUT2D eigenvalue weighted by molar-refractivity contribution is -0.103. The highest BCUT2D eigenvalue weighted by molar-refractivity contribution is 4.97. The monoisotopic (exact) mass is 155 g/mol. The molecule has 0 aromatic carbocycles. The second-order valence-electron chi connectivity index (χ2n) is 2.21. The van der Waals surface area contributed by atoms with Crippen molar-refractivity contribution < 1.29 is 21.2 Å². The minimum absolute atomic E-state index is 0.301. The van der Waals surface area contributed by atoms with Crippen LogP contribution in [0.25, 0.3) is 0 Å². The molecule has 60 valence electrons. The zero-order valence-electron chi connectivity index (χ0n) is 17.3.